The van der Waals surface area contributed by atoms with Crippen molar-refractivity contribution in [3.63, 3.8) is 0 Å². The van der Waals surface area contributed by atoms with Crippen LogP contribution in [-0.2, 0) is 6.42 Å². The van der Waals surface area contributed by atoms with E-state index >= 15 is 0 Å². The molecule has 152 valence electrons. The third kappa shape index (κ3) is 3.41. The van der Waals surface area contributed by atoms with E-state index in [-0.39, 0.29) is 23.3 Å². The largest absolute Gasteiger partial charge is 0.497 e. The van der Waals surface area contributed by atoms with Crippen LogP contribution in [0.15, 0.2) is 29.1 Å². The van der Waals surface area contributed by atoms with E-state index in [2.05, 4.69) is 4.98 Å². The number of carbonyl (C=O) groups excluding carboxylic acids is 2. The van der Waals surface area contributed by atoms with Crippen molar-refractivity contribution in [3.8, 4) is 11.5 Å². The number of hydrogen-bond acceptors (Lipinski definition) is 5. The van der Waals surface area contributed by atoms with Gasteiger partial charge in [0.25, 0.3) is 11.5 Å². The SMILES string of the molecule is COc1ccc([C@@H]2CCCN2C(=O)c2cc3c([nH]c2=O)CCCC3=O)c(OC)c1. The van der Waals surface area contributed by atoms with Crippen LogP contribution in [0.1, 0.15) is 63.7 Å². The summed E-state index contributed by atoms with van der Waals surface area (Å²) in [5.41, 5.74) is 1.58. The van der Waals surface area contributed by atoms with Gasteiger partial charge >= 0.3 is 0 Å². The van der Waals surface area contributed by atoms with Crippen molar-refractivity contribution in [2.75, 3.05) is 20.8 Å². The summed E-state index contributed by atoms with van der Waals surface area (Å²) in [4.78, 5) is 42.6. The van der Waals surface area contributed by atoms with Crippen LogP contribution in [-0.4, -0.2) is 42.3 Å². The van der Waals surface area contributed by atoms with Crippen molar-refractivity contribution in [1.29, 1.82) is 0 Å². The lowest BCUT2D eigenvalue weighted by atomic mass is 9.93. The first-order valence-electron chi connectivity index (χ1n) is 9.85. The molecule has 1 aliphatic heterocycles. The van der Waals surface area contributed by atoms with E-state index < -0.39 is 5.56 Å². The van der Waals surface area contributed by atoms with Gasteiger partial charge in [0.1, 0.15) is 17.1 Å². The zero-order valence-corrected chi connectivity index (χ0v) is 16.6. The van der Waals surface area contributed by atoms with E-state index in [4.69, 9.17) is 9.47 Å². The number of aromatic nitrogens is 1. The smallest absolute Gasteiger partial charge is 0.261 e. The predicted molar refractivity (Wildman–Crippen MR) is 107 cm³/mol. The molecule has 7 nitrogen and oxygen atoms in total. The Hall–Kier alpha value is -3.09. The standard InChI is InChI=1S/C22H24N2O5/c1-28-13-8-9-14(20(11-13)29-2)18-6-4-10-24(18)22(27)16-12-15-17(23-21(16)26)5-3-7-19(15)25/h8-9,11-12,18H,3-7,10H2,1-2H3,(H,23,26)/t18-/m0/s1. The third-order valence-corrected chi connectivity index (χ3v) is 5.80. The van der Waals surface area contributed by atoms with Crippen molar-refractivity contribution >= 4 is 11.7 Å². The maximum Gasteiger partial charge on any atom is 0.261 e. The number of nitrogens with zero attached hydrogens (tertiary/aromatic N) is 1. The summed E-state index contributed by atoms with van der Waals surface area (Å²) in [6, 6.07) is 6.81. The third-order valence-electron chi connectivity index (χ3n) is 5.80. The molecular formula is C22H24N2O5. The Morgan fingerprint density at radius 3 is 2.69 bits per heavy atom. The fourth-order valence-corrected chi connectivity index (χ4v) is 4.32. The Morgan fingerprint density at radius 2 is 1.93 bits per heavy atom. The second kappa shape index (κ2) is 7.73. The molecule has 1 aromatic heterocycles. The van der Waals surface area contributed by atoms with E-state index in [0.29, 0.717) is 42.1 Å². The monoisotopic (exact) mass is 396 g/mol. The first-order chi connectivity index (χ1) is 14.0. The van der Waals surface area contributed by atoms with E-state index in [1.807, 2.05) is 12.1 Å². The molecule has 1 saturated heterocycles. The summed E-state index contributed by atoms with van der Waals surface area (Å²) in [6.07, 6.45) is 3.42. The second-order valence-electron chi connectivity index (χ2n) is 7.45. The number of ether oxygens (including phenoxy) is 2. The van der Waals surface area contributed by atoms with Crippen LogP contribution in [0.5, 0.6) is 11.5 Å². The van der Waals surface area contributed by atoms with Crippen LogP contribution in [0.25, 0.3) is 0 Å². The molecule has 2 heterocycles. The quantitative estimate of drug-likeness (QED) is 0.858. The minimum Gasteiger partial charge on any atom is -0.497 e. The lowest BCUT2D eigenvalue weighted by Gasteiger charge is -2.27. The summed E-state index contributed by atoms with van der Waals surface area (Å²) in [5, 5.41) is 0. The fraction of sp³-hybridized carbons (Fsp3) is 0.409. The molecule has 1 amide bonds. The van der Waals surface area contributed by atoms with Gasteiger partial charge in [0, 0.05) is 35.9 Å². The maximum absolute atomic E-state index is 13.3. The van der Waals surface area contributed by atoms with Crippen LogP contribution >= 0.6 is 0 Å². The highest BCUT2D eigenvalue weighted by atomic mass is 16.5. The Kier molecular flexibility index (Phi) is 5.13. The number of rotatable bonds is 4. The Balaban J connectivity index is 1.70. The van der Waals surface area contributed by atoms with E-state index in [0.717, 1.165) is 24.8 Å². The molecule has 0 radical (unpaired) electrons. The van der Waals surface area contributed by atoms with Crippen molar-refractivity contribution in [2.45, 2.75) is 38.1 Å². The predicted octanol–water partition coefficient (Wildman–Crippen LogP) is 2.89. The fourth-order valence-electron chi connectivity index (χ4n) is 4.32. The van der Waals surface area contributed by atoms with Gasteiger partial charge in [0.15, 0.2) is 5.78 Å². The number of amides is 1. The zero-order chi connectivity index (χ0) is 20.5. The second-order valence-corrected chi connectivity index (χ2v) is 7.45. The van der Waals surface area contributed by atoms with Crippen LogP contribution in [0.3, 0.4) is 0 Å². The first-order valence-corrected chi connectivity index (χ1v) is 9.85. The maximum atomic E-state index is 13.3. The minimum atomic E-state index is -0.434. The topological polar surface area (TPSA) is 88.7 Å². The van der Waals surface area contributed by atoms with Crippen LogP contribution in [0, 0.1) is 0 Å². The molecule has 1 fully saturated rings. The minimum absolute atomic E-state index is 0.0219. The van der Waals surface area contributed by atoms with Gasteiger partial charge in [-0.05, 0) is 43.9 Å². The summed E-state index contributed by atoms with van der Waals surface area (Å²) >= 11 is 0. The molecule has 2 aromatic rings. The molecule has 4 rings (SSSR count). The number of methoxy groups -OCH3 is 2. The van der Waals surface area contributed by atoms with Crippen molar-refractivity contribution < 1.29 is 19.1 Å². The molecule has 0 bridgehead atoms. The molecule has 2 aliphatic rings. The number of benzene rings is 1. The molecule has 1 aromatic carbocycles. The highest BCUT2D eigenvalue weighted by Gasteiger charge is 2.34. The zero-order valence-electron chi connectivity index (χ0n) is 16.6. The summed E-state index contributed by atoms with van der Waals surface area (Å²) in [5.74, 6) is 0.939. The Labute approximate surface area is 168 Å². The van der Waals surface area contributed by atoms with Crippen molar-refractivity contribution in [1.82, 2.24) is 9.88 Å². The van der Waals surface area contributed by atoms with Crippen molar-refractivity contribution in [3.05, 3.63) is 57.0 Å². The van der Waals surface area contributed by atoms with Gasteiger partial charge in [-0.1, -0.05) is 0 Å². The molecule has 1 atom stereocenters. The number of fused-ring (bicyclic) bond motifs is 1. The number of pyridine rings is 1. The van der Waals surface area contributed by atoms with Gasteiger partial charge in [-0.2, -0.15) is 0 Å². The number of likely N-dealkylation sites (tertiary alicyclic amines) is 1. The molecular weight excluding hydrogens is 372 g/mol. The van der Waals surface area contributed by atoms with Gasteiger partial charge in [-0.25, -0.2) is 0 Å². The summed E-state index contributed by atoms with van der Waals surface area (Å²) in [7, 11) is 3.17. The molecule has 1 N–H and O–H groups in total. The summed E-state index contributed by atoms with van der Waals surface area (Å²) in [6.45, 7) is 0.545. The van der Waals surface area contributed by atoms with E-state index in [1.165, 1.54) is 6.07 Å². The lowest BCUT2D eigenvalue weighted by Crippen LogP contribution is -2.35. The Bertz CT molecular complexity index is 1030. The highest BCUT2D eigenvalue weighted by Crippen LogP contribution is 2.39. The molecule has 1 aliphatic carbocycles. The lowest BCUT2D eigenvalue weighted by molar-refractivity contribution is 0.0732. The van der Waals surface area contributed by atoms with Gasteiger partial charge < -0.3 is 19.4 Å². The number of carbonyl (C=O) groups is 2. The molecule has 0 spiro atoms. The highest BCUT2D eigenvalue weighted by molar-refractivity contribution is 6.01. The molecule has 0 saturated carbocycles. The van der Waals surface area contributed by atoms with Crippen LogP contribution in [0.2, 0.25) is 0 Å². The number of ketones is 1. The first kappa shape index (κ1) is 19.2. The number of aromatic amines is 1. The Morgan fingerprint density at radius 1 is 1.10 bits per heavy atom. The normalized spacial score (nSPS) is 18.5. The average molecular weight is 396 g/mol. The number of aryl methyl sites for hydroxylation is 1. The number of hydrogen-bond donors (Lipinski definition) is 1. The average Bonchev–Trinajstić information content (AvgIpc) is 3.22. The van der Waals surface area contributed by atoms with E-state index in [9.17, 15) is 14.4 Å². The number of Topliss-reactive ketones (excluding diaryl/α,β-unsaturated/α-hetero) is 1. The van der Waals surface area contributed by atoms with Gasteiger partial charge in [0.05, 0.1) is 20.3 Å². The van der Waals surface area contributed by atoms with Crippen molar-refractivity contribution in [2.24, 2.45) is 0 Å². The van der Waals surface area contributed by atoms with E-state index in [1.54, 1.807) is 25.2 Å². The molecule has 7 heteroatoms. The number of nitrogens with one attached hydrogen (secondary N) is 1. The molecule has 29 heavy (non-hydrogen) atoms. The van der Waals surface area contributed by atoms with Gasteiger partial charge in [-0.3, -0.25) is 14.4 Å². The van der Waals surface area contributed by atoms with Crippen LogP contribution in [0.4, 0.5) is 0 Å². The number of H-pyrrole nitrogens is 1. The van der Waals surface area contributed by atoms with Gasteiger partial charge in [-0.15, -0.1) is 0 Å². The summed E-state index contributed by atoms with van der Waals surface area (Å²) < 4.78 is 10.8. The van der Waals surface area contributed by atoms with Gasteiger partial charge in [0.2, 0.25) is 0 Å². The van der Waals surface area contributed by atoms with Crippen LogP contribution < -0.4 is 15.0 Å². The molecule has 0 unspecified atom stereocenters.